The maximum atomic E-state index is 12.7. The zero-order valence-corrected chi connectivity index (χ0v) is 14.4. The summed E-state index contributed by atoms with van der Waals surface area (Å²) in [6.45, 7) is 0.679. The molecule has 132 valence electrons. The maximum Gasteiger partial charge on any atom is 0.196 e. The standard InChI is InChI=1S/C21H25NO3/c23-18(14-22-17-10-4-5-11-17)15-25-20-13-7-6-12-19(20)21(24)16-8-2-1-3-9-16/h1-3,6-9,12-13,17-18,22-23H,4-5,10-11,14-15H2. The predicted octanol–water partition coefficient (Wildman–Crippen LogP) is 3.19. The van der Waals surface area contributed by atoms with Crippen LogP contribution >= 0.6 is 0 Å². The molecule has 25 heavy (non-hydrogen) atoms. The number of nitrogens with one attached hydrogen (secondary N) is 1. The number of aliphatic hydroxyl groups excluding tert-OH is 1. The van der Waals surface area contributed by atoms with Gasteiger partial charge in [-0.05, 0) is 25.0 Å². The molecule has 4 nitrogen and oxygen atoms in total. The summed E-state index contributed by atoms with van der Waals surface area (Å²) in [5.74, 6) is 0.436. The molecule has 0 aliphatic heterocycles. The number of benzene rings is 2. The molecule has 1 aliphatic rings. The lowest BCUT2D eigenvalue weighted by Crippen LogP contribution is -2.36. The van der Waals surface area contributed by atoms with Gasteiger partial charge in [0.15, 0.2) is 5.78 Å². The fourth-order valence-electron chi connectivity index (χ4n) is 3.20. The second kappa shape index (κ2) is 8.79. The van der Waals surface area contributed by atoms with Gasteiger partial charge in [-0.2, -0.15) is 0 Å². The Morgan fingerprint density at radius 2 is 1.76 bits per heavy atom. The molecule has 1 unspecified atom stereocenters. The number of ether oxygens (including phenoxy) is 1. The lowest BCUT2D eigenvalue weighted by atomic mass is 10.0. The van der Waals surface area contributed by atoms with Crippen LogP contribution in [-0.2, 0) is 0 Å². The van der Waals surface area contributed by atoms with Crippen molar-refractivity contribution < 1.29 is 14.6 Å². The number of hydrogen-bond donors (Lipinski definition) is 2. The van der Waals surface area contributed by atoms with Crippen LogP contribution in [0.3, 0.4) is 0 Å². The molecule has 1 atom stereocenters. The second-order valence-corrected chi connectivity index (χ2v) is 6.55. The SMILES string of the molecule is O=C(c1ccccc1)c1ccccc1OCC(O)CNC1CCCC1. The van der Waals surface area contributed by atoms with Gasteiger partial charge < -0.3 is 15.2 Å². The summed E-state index contributed by atoms with van der Waals surface area (Å²) in [4.78, 5) is 12.7. The van der Waals surface area contributed by atoms with Gasteiger partial charge in [-0.15, -0.1) is 0 Å². The Hall–Kier alpha value is -2.17. The van der Waals surface area contributed by atoms with E-state index in [-0.39, 0.29) is 12.4 Å². The van der Waals surface area contributed by atoms with Crippen LogP contribution < -0.4 is 10.1 Å². The number of para-hydroxylation sites is 1. The molecule has 0 aromatic heterocycles. The molecule has 1 saturated carbocycles. The smallest absolute Gasteiger partial charge is 0.196 e. The average molecular weight is 339 g/mol. The first-order valence-corrected chi connectivity index (χ1v) is 8.97. The Balaban J connectivity index is 1.58. The van der Waals surface area contributed by atoms with E-state index in [1.54, 1.807) is 24.3 Å². The van der Waals surface area contributed by atoms with E-state index in [0.717, 1.165) is 0 Å². The number of hydrogen-bond acceptors (Lipinski definition) is 4. The molecule has 2 aromatic rings. The van der Waals surface area contributed by atoms with Crippen molar-refractivity contribution in [2.75, 3.05) is 13.2 Å². The van der Waals surface area contributed by atoms with Crippen molar-refractivity contribution in [3.8, 4) is 5.75 Å². The van der Waals surface area contributed by atoms with Crippen LogP contribution in [0.2, 0.25) is 0 Å². The van der Waals surface area contributed by atoms with Crippen LogP contribution in [0.15, 0.2) is 54.6 Å². The van der Waals surface area contributed by atoms with E-state index >= 15 is 0 Å². The van der Waals surface area contributed by atoms with Gasteiger partial charge in [0.1, 0.15) is 18.5 Å². The Morgan fingerprint density at radius 1 is 1.08 bits per heavy atom. The predicted molar refractivity (Wildman–Crippen MR) is 98.1 cm³/mol. The molecular weight excluding hydrogens is 314 g/mol. The normalized spacial score (nSPS) is 15.9. The highest BCUT2D eigenvalue weighted by molar-refractivity contribution is 6.10. The minimum atomic E-state index is -0.597. The van der Waals surface area contributed by atoms with Gasteiger partial charge >= 0.3 is 0 Å². The molecule has 1 aliphatic carbocycles. The molecule has 0 heterocycles. The second-order valence-electron chi connectivity index (χ2n) is 6.55. The van der Waals surface area contributed by atoms with Crippen molar-refractivity contribution in [1.82, 2.24) is 5.32 Å². The first-order chi connectivity index (χ1) is 12.2. The highest BCUT2D eigenvalue weighted by Gasteiger charge is 2.17. The molecule has 0 radical (unpaired) electrons. The van der Waals surface area contributed by atoms with Crippen LogP contribution in [0.4, 0.5) is 0 Å². The summed E-state index contributed by atoms with van der Waals surface area (Å²) in [5.41, 5.74) is 1.15. The van der Waals surface area contributed by atoms with E-state index in [4.69, 9.17) is 4.74 Å². The zero-order valence-electron chi connectivity index (χ0n) is 14.4. The van der Waals surface area contributed by atoms with Crippen LogP contribution in [0.1, 0.15) is 41.6 Å². The minimum Gasteiger partial charge on any atom is -0.490 e. The van der Waals surface area contributed by atoms with Crippen LogP contribution in [-0.4, -0.2) is 36.2 Å². The summed E-state index contributed by atoms with van der Waals surface area (Å²) in [5, 5.41) is 13.5. The van der Waals surface area contributed by atoms with Gasteiger partial charge in [0.05, 0.1) is 5.56 Å². The molecular formula is C21H25NO3. The van der Waals surface area contributed by atoms with Crippen molar-refractivity contribution in [2.24, 2.45) is 0 Å². The third-order valence-corrected chi connectivity index (χ3v) is 4.60. The quantitative estimate of drug-likeness (QED) is 0.725. The molecule has 0 spiro atoms. The largest absolute Gasteiger partial charge is 0.490 e. The van der Waals surface area contributed by atoms with Gasteiger partial charge in [0.25, 0.3) is 0 Å². The van der Waals surface area contributed by atoms with Gasteiger partial charge in [0, 0.05) is 18.2 Å². The number of carbonyl (C=O) groups is 1. The summed E-state index contributed by atoms with van der Waals surface area (Å²) in [6, 6.07) is 16.8. The number of rotatable bonds is 8. The molecule has 2 N–H and O–H groups in total. The van der Waals surface area contributed by atoms with Crippen LogP contribution in [0.25, 0.3) is 0 Å². The number of ketones is 1. The van der Waals surface area contributed by atoms with Gasteiger partial charge in [-0.25, -0.2) is 0 Å². The number of carbonyl (C=O) groups excluding carboxylic acids is 1. The topological polar surface area (TPSA) is 58.6 Å². The van der Waals surface area contributed by atoms with Crippen molar-refractivity contribution >= 4 is 5.78 Å². The van der Waals surface area contributed by atoms with Crippen molar-refractivity contribution in [1.29, 1.82) is 0 Å². The van der Waals surface area contributed by atoms with Gasteiger partial charge in [-0.1, -0.05) is 55.3 Å². The molecule has 0 saturated heterocycles. The van der Waals surface area contributed by atoms with Crippen molar-refractivity contribution in [3.63, 3.8) is 0 Å². The third kappa shape index (κ3) is 4.91. The number of aliphatic hydroxyl groups is 1. The Bertz CT molecular complexity index is 681. The summed E-state index contributed by atoms with van der Waals surface area (Å²) >= 11 is 0. The monoisotopic (exact) mass is 339 g/mol. The van der Waals surface area contributed by atoms with E-state index in [9.17, 15) is 9.90 Å². The van der Waals surface area contributed by atoms with Gasteiger partial charge in [0.2, 0.25) is 0 Å². The minimum absolute atomic E-state index is 0.0743. The molecule has 3 rings (SSSR count). The molecule has 1 fully saturated rings. The Kier molecular flexibility index (Phi) is 6.20. The highest BCUT2D eigenvalue weighted by atomic mass is 16.5. The summed E-state index contributed by atoms with van der Waals surface area (Å²) in [6.07, 6.45) is 4.29. The first-order valence-electron chi connectivity index (χ1n) is 8.97. The van der Waals surface area contributed by atoms with E-state index in [1.165, 1.54) is 25.7 Å². The van der Waals surface area contributed by atoms with E-state index < -0.39 is 6.10 Å². The lowest BCUT2D eigenvalue weighted by Gasteiger charge is -2.17. The van der Waals surface area contributed by atoms with E-state index in [1.807, 2.05) is 30.3 Å². The molecule has 0 amide bonds. The summed E-state index contributed by atoms with van der Waals surface area (Å²) in [7, 11) is 0. The van der Waals surface area contributed by atoms with E-state index in [0.29, 0.717) is 29.5 Å². The van der Waals surface area contributed by atoms with E-state index in [2.05, 4.69) is 5.32 Å². The molecule has 2 aromatic carbocycles. The zero-order chi connectivity index (χ0) is 17.5. The third-order valence-electron chi connectivity index (χ3n) is 4.60. The molecule has 0 bridgehead atoms. The highest BCUT2D eigenvalue weighted by Crippen LogP contribution is 2.22. The Labute approximate surface area is 148 Å². The molecule has 4 heteroatoms. The average Bonchev–Trinajstić information content (AvgIpc) is 3.19. The fourth-order valence-corrected chi connectivity index (χ4v) is 3.20. The first kappa shape index (κ1) is 17.6. The van der Waals surface area contributed by atoms with Crippen LogP contribution in [0, 0.1) is 0 Å². The van der Waals surface area contributed by atoms with Crippen LogP contribution in [0.5, 0.6) is 5.75 Å². The van der Waals surface area contributed by atoms with Crippen molar-refractivity contribution in [2.45, 2.75) is 37.8 Å². The summed E-state index contributed by atoms with van der Waals surface area (Å²) < 4.78 is 5.75. The van der Waals surface area contributed by atoms with Crippen molar-refractivity contribution in [3.05, 3.63) is 65.7 Å². The lowest BCUT2D eigenvalue weighted by molar-refractivity contribution is 0.0978. The maximum absolute atomic E-state index is 12.7. The fraction of sp³-hybridized carbons (Fsp3) is 0.381. The Morgan fingerprint density at radius 3 is 2.52 bits per heavy atom. The van der Waals surface area contributed by atoms with Gasteiger partial charge in [-0.3, -0.25) is 4.79 Å².